The molecule has 1 aromatic carbocycles. The van der Waals surface area contributed by atoms with Crippen LogP contribution in [0, 0.1) is 35.0 Å². The molecule has 1 aromatic heterocycles. The van der Waals surface area contributed by atoms with Gasteiger partial charge in [-0.25, -0.2) is 9.97 Å². The highest BCUT2D eigenvalue weighted by atomic mass is 35.5. The van der Waals surface area contributed by atoms with Gasteiger partial charge < -0.3 is 10.6 Å². The smallest absolute Gasteiger partial charge is 0.231 e. The second-order valence-electron chi connectivity index (χ2n) is 11.5. The lowest BCUT2D eigenvalue weighted by Gasteiger charge is -2.53. The number of fused-ring (bicyclic) bond motifs is 3. The molecule has 0 radical (unpaired) electrons. The van der Waals surface area contributed by atoms with Gasteiger partial charge in [-0.05, 0) is 91.5 Å². The third-order valence-corrected chi connectivity index (χ3v) is 9.19. The number of hydrogen-bond acceptors (Lipinski definition) is 4. The fraction of sp³-hybridized carbons (Fsp3) is 0.500. The molecule has 190 valence electrons. The van der Waals surface area contributed by atoms with Crippen LogP contribution in [0.4, 0.5) is 17.3 Å². The minimum atomic E-state index is -0.421. The number of halogens is 1. The van der Waals surface area contributed by atoms with Gasteiger partial charge in [0.25, 0.3) is 0 Å². The summed E-state index contributed by atoms with van der Waals surface area (Å²) in [5.74, 6) is 3.93. The third kappa shape index (κ3) is 4.82. The number of allylic oxidation sites excluding steroid dienone is 4. The Kier molecular flexibility index (Phi) is 6.95. The number of nitrogens with zero attached hydrogens (tertiary/aromatic N) is 2. The zero-order valence-corrected chi connectivity index (χ0v) is 22.5. The van der Waals surface area contributed by atoms with Crippen molar-refractivity contribution in [3.63, 3.8) is 0 Å². The van der Waals surface area contributed by atoms with E-state index < -0.39 is 5.41 Å². The van der Waals surface area contributed by atoms with Crippen molar-refractivity contribution in [1.29, 1.82) is 0 Å². The fourth-order valence-corrected chi connectivity index (χ4v) is 6.89. The van der Waals surface area contributed by atoms with E-state index in [9.17, 15) is 4.79 Å². The third-order valence-electron chi connectivity index (χ3n) is 8.94. The van der Waals surface area contributed by atoms with Gasteiger partial charge in [0.2, 0.25) is 5.91 Å². The topological polar surface area (TPSA) is 66.9 Å². The molecule has 1 fully saturated rings. The average Bonchev–Trinajstić information content (AvgIpc) is 2.87. The van der Waals surface area contributed by atoms with Crippen molar-refractivity contribution >= 4 is 34.8 Å². The SMILES string of the molecule is CC(C)C1=CC2=CC[C@@H]3[C@H]([C@@H](C)CC[C@@]3(C)C(=O)Nc3cc(Nc4ccc(Cl)cc4)ncn3)[C@H]2CC1. The molecule has 6 heteroatoms. The molecule has 5 rings (SSSR count). The highest BCUT2D eigenvalue weighted by molar-refractivity contribution is 6.30. The minimum Gasteiger partial charge on any atom is -0.340 e. The van der Waals surface area contributed by atoms with Crippen molar-refractivity contribution in [1.82, 2.24) is 9.97 Å². The predicted molar refractivity (Wildman–Crippen MR) is 147 cm³/mol. The molecule has 3 aliphatic rings. The molecule has 0 bridgehead atoms. The van der Waals surface area contributed by atoms with Crippen LogP contribution in [-0.2, 0) is 4.79 Å². The first-order valence-corrected chi connectivity index (χ1v) is 13.7. The fourth-order valence-electron chi connectivity index (χ4n) is 6.76. The molecule has 0 unspecified atom stereocenters. The van der Waals surface area contributed by atoms with Gasteiger partial charge in [-0.2, -0.15) is 0 Å². The Labute approximate surface area is 219 Å². The Balaban J connectivity index is 1.35. The van der Waals surface area contributed by atoms with E-state index in [0.717, 1.165) is 24.9 Å². The predicted octanol–water partition coefficient (Wildman–Crippen LogP) is 7.80. The van der Waals surface area contributed by atoms with E-state index in [0.29, 0.717) is 46.2 Å². The molecule has 1 saturated carbocycles. The van der Waals surface area contributed by atoms with Gasteiger partial charge in [0.15, 0.2) is 0 Å². The summed E-state index contributed by atoms with van der Waals surface area (Å²) in [7, 11) is 0. The molecule has 5 nitrogen and oxygen atoms in total. The molecule has 36 heavy (non-hydrogen) atoms. The lowest BCUT2D eigenvalue weighted by Crippen LogP contribution is -2.51. The standard InChI is InChI=1S/C30H37ClN4O/c1-18(2)20-5-11-24-21(15-20)6-12-25-28(24)19(3)13-14-30(25,4)29(36)35-27-16-26(32-17-33-27)34-23-9-7-22(31)8-10-23/h6-10,15-19,24-25,28H,5,11-14H2,1-4H3,(H2,32,33,34,35,36)/t19-,24-,25+,28+,30+/m0/s1. The van der Waals surface area contributed by atoms with Crippen LogP contribution in [0.25, 0.3) is 0 Å². The normalized spacial score (nSPS) is 29.5. The van der Waals surface area contributed by atoms with E-state index in [1.54, 1.807) is 11.6 Å². The van der Waals surface area contributed by atoms with Crippen LogP contribution in [0.2, 0.25) is 5.02 Å². The highest BCUT2D eigenvalue weighted by Crippen LogP contribution is 2.57. The van der Waals surface area contributed by atoms with Crippen molar-refractivity contribution in [3.05, 3.63) is 65.0 Å². The summed E-state index contributed by atoms with van der Waals surface area (Å²) >= 11 is 5.99. The van der Waals surface area contributed by atoms with Crippen molar-refractivity contribution in [2.24, 2.45) is 35.0 Å². The summed E-state index contributed by atoms with van der Waals surface area (Å²) in [5.41, 5.74) is 3.55. The Morgan fingerprint density at radius 1 is 1.14 bits per heavy atom. The number of nitrogens with one attached hydrogen (secondary N) is 2. The molecule has 1 heterocycles. The Morgan fingerprint density at radius 2 is 1.89 bits per heavy atom. The summed E-state index contributed by atoms with van der Waals surface area (Å²) in [6, 6.07) is 9.22. The number of benzene rings is 1. The zero-order valence-electron chi connectivity index (χ0n) is 21.7. The quantitative estimate of drug-likeness (QED) is 0.435. The number of amides is 1. The van der Waals surface area contributed by atoms with Gasteiger partial charge in [-0.3, -0.25) is 4.79 Å². The zero-order chi connectivity index (χ0) is 25.4. The molecule has 0 saturated heterocycles. The number of carbonyl (C=O) groups is 1. The molecule has 3 aliphatic carbocycles. The average molecular weight is 505 g/mol. The van der Waals surface area contributed by atoms with Crippen LogP contribution in [0.1, 0.15) is 59.8 Å². The maximum absolute atomic E-state index is 13.8. The van der Waals surface area contributed by atoms with E-state index >= 15 is 0 Å². The second kappa shape index (κ2) is 10.0. The first kappa shape index (κ1) is 25.0. The van der Waals surface area contributed by atoms with Crippen molar-refractivity contribution < 1.29 is 4.79 Å². The number of hydrogen-bond donors (Lipinski definition) is 2. The molecule has 0 spiro atoms. The van der Waals surface area contributed by atoms with Crippen molar-refractivity contribution in [2.75, 3.05) is 10.6 Å². The summed E-state index contributed by atoms with van der Waals surface area (Å²) < 4.78 is 0. The summed E-state index contributed by atoms with van der Waals surface area (Å²) in [4.78, 5) is 22.5. The maximum Gasteiger partial charge on any atom is 0.231 e. The van der Waals surface area contributed by atoms with Gasteiger partial charge in [-0.1, -0.05) is 57.0 Å². The van der Waals surface area contributed by atoms with E-state index in [4.69, 9.17) is 11.6 Å². The van der Waals surface area contributed by atoms with Gasteiger partial charge in [0, 0.05) is 16.8 Å². The summed E-state index contributed by atoms with van der Waals surface area (Å²) in [5, 5.41) is 7.08. The van der Waals surface area contributed by atoms with Crippen molar-refractivity contribution in [2.45, 2.75) is 59.8 Å². The molecule has 2 N–H and O–H groups in total. The first-order valence-electron chi connectivity index (χ1n) is 13.3. The monoisotopic (exact) mass is 504 g/mol. The van der Waals surface area contributed by atoms with Crippen molar-refractivity contribution in [3.8, 4) is 0 Å². The molecule has 0 aliphatic heterocycles. The van der Waals surface area contributed by atoms with Gasteiger partial charge in [0.05, 0.1) is 5.41 Å². The maximum atomic E-state index is 13.8. The molecular formula is C30H37ClN4O. The van der Waals surface area contributed by atoms with Gasteiger partial charge in [-0.15, -0.1) is 0 Å². The van der Waals surface area contributed by atoms with E-state index in [1.807, 2.05) is 24.3 Å². The molecule has 2 aromatic rings. The number of rotatable bonds is 5. The minimum absolute atomic E-state index is 0.0756. The Morgan fingerprint density at radius 3 is 2.64 bits per heavy atom. The number of aromatic nitrogens is 2. The Hall–Kier alpha value is -2.66. The van der Waals surface area contributed by atoms with E-state index in [1.165, 1.54) is 24.7 Å². The molecular weight excluding hydrogens is 468 g/mol. The van der Waals surface area contributed by atoms with E-state index in [-0.39, 0.29) is 5.91 Å². The van der Waals surface area contributed by atoms with Gasteiger partial charge in [0.1, 0.15) is 18.0 Å². The lowest BCUT2D eigenvalue weighted by atomic mass is 9.51. The van der Waals surface area contributed by atoms with Crippen LogP contribution < -0.4 is 10.6 Å². The van der Waals surface area contributed by atoms with Crippen LogP contribution >= 0.6 is 11.6 Å². The first-order chi connectivity index (χ1) is 17.2. The summed E-state index contributed by atoms with van der Waals surface area (Å²) in [6.07, 6.45) is 11.8. The number of carbonyl (C=O) groups excluding carboxylic acids is 1. The highest BCUT2D eigenvalue weighted by Gasteiger charge is 2.53. The van der Waals surface area contributed by atoms with Gasteiger partial charge >= 0.3 is 0 Å². The van der Waals surface area contributed by atoms with Crippen LogP contribution in [0.5, 0.6) is 0 Å². The van der Waals surface area contributed by atoms with E-state index in [2.05, 4.69) is 60.4 Å². The van der Waals surface area contributed by atoms with Crippen LogP contribution in [0.3, 0.4) is 0 Å². The number of anilines is 3. The van der Waals surface area contributed by atoms with Crippen LogP contribution in [-0.4, -0.2) is 15.9 Å². The lowest BCUT2D eigenvalue weighted by molar-refractivity contribution is -0.134. The summed E-state index contributed by atoms with van der Waals surface area (Å²) in [6.45, 7) is 9.18. The largest absolute Gasteiger partial charge is 0.340 e. The molecule has 5 atom stereocenters. The molecule has 1 amide bonds. The second-order valence-corrected chi connectivity index (χ2v) is 11.9. The Bertz CT molecular complexity index is 1190. The van der Waals surface area contributed by atoms with Crippen LogP contribution in [0.15, 0.2) is 60.0 Å².